The third-order valence-corrected chi connectivity index (χ3v) is 6.80. The van der Waals surface area contributed by atoms with Crippen molar-refractivity contribution < 1.29 is 21.6 Å². The van der Waals surface area contributed by atoms with Crippen LogP contribution in [-0.4, -0.2) is 44.3 Å². The van der Waals surface area contributed by atoms with Crippen LogP contribution in [0.4, 0.5) is 11.4 Å². The summed E-state index contributed by atoms with van der Waals surface area (Å²) in [5.74, 6) is 0.565. The second kappa shape index (κ2) is 6.93. The van der Waals surface area contributed by atoms with Gasteiger partial charge in [-0.25, -0.2) is 16.8 Å². The van der Waals surface area contributed by atoms with E-state index < -0.39 is 20.0 Å². The van der Waals surface area contributed by atoms with Crippen LogP contribution in [0, 0.1) is 0 Å². The fourth-order valence-electron chi connectivity index (χ4n) is 2.11. The minimum atomic E-state index is -3.73. The van der Waals surface area contributed by atoms with Gasteiger partial charge in [0.25, 0.3) is 10.0 Å². The molecule has 0 bridgehead atoms. The van der Waals surface area contributed by atoms with Gasteiger partial charge in [0.1, 0.15) is 5.75 Å². The molecule has 0 N–H and O–H groups in total. The van der Waals surface area contributed by atoms with E-state index in [9.17, 15) is 16.8 Å². The molecule has 0 saturated carbocycles. The molecule has 0 aliphatic heterocycles. The molecule has 0 atom stereocenters. The van der Waals surface area contributed by atoms with Gasteiger partial charge in [0.05, 0.1) is 29.6 Å². The summed E-state index contributed by atoms with van der Waals surface area (Å²) in [6.45, 7) is 0. The van der Waals surface area contributed by atoms with E-state index in [2.05, 4.69) is 0 Å². The van der Waals surface area contributed by atoms with Crippen LogP contribution in [0.2, 0.25) is 0 Å². The first kappa shape index (κ1) is 19.1. The first-order valence-electron chi connectivity index (χ1n) is 7.24. The molecule has 25 heavy (non-hydrogen) atoms. The largest absolute Gasteiger partial charge is 0.497 e. The van der Waals surface area contributed by atoms with Gasteiger partial charge in [0.15, 0.2) is 0 Å². The van der Waals surface area contributed by atoms with Crippen LogP contribution in [0.25, 0.3) is 0 Å². The van der Waals surface area contributed by atoms with Crippen LogP contribution in [0.1, 0.15) is 0 Å². The Labute approximate surface area is 148 Å². The van der Waals surface area contributed by atoms with E-state index in [0.717, 1.165) is 14.9 Å². The van der Waals surface area contributed by atoms with E-state index in [1.54, 1.807) is 36.4 Å². The van der Waals surface area contributed by atoms with Crippen LogP contribution < -0.4 is 13.3 Å². The number of methoxy groups -OCH3 is 1. The minimum absolute atomic E-state index is 0.133. The third-order valence-electron chi connectivity index (χ3n) is 3.79. The summed E-state index contributed by atoms with van der Waals surface area (Å²) in [6, 6.07) is 12.3. The van der Waals surface area contributed by atoms with Crippen LogP contribution in [-0.2, 0) is 20.0 Å². The highest BCUT2D eigenvalue weighted by atomic mass is 32.2. The maximum absolute atomic E-state index is 12.7. The van der Waals surface area contributed by atoms with Crippen molar-refractivity contribution in [3.8, 4) is 5.75 Å². The zero-order chi connectivity index (χ0) is 18.8. The lowest BCUT2D eigenvalue weighted by Gasteiger charge is -2.21. The SMILES string of the molecule is COc1ccc(S(=O)(=O)N(C)c2ccc(N(C)S(C)(=O)=O)cc2)cc1. The monoisotopic (exact) mass is 384 g/mol. The third kappa shape index (κ3) is 4.05. The van der Waals surface area contributed by atoms with E-state index in [0.29, 0.717) is 17.1 Å². The van der Waals surface area contributed by atoms with Crippen molar-refractivity contribution in [1.82, 2.24) is 0 Å². The van der Waals surface area contributed by atoms with Gasteiger partial charge >= 0.3 is 0 Å². The highest BCUT2D eigenvalue weighted by Crippen LogP contribution is 2.26. The maximum Gasteiger partial charge on any atom is 0.264 e. The Kier molecular flexibility index (Phi) is 5.28. The highest BCUT2D eigenvalue weighted by molar-refractivity contribution is 7.92. The summed E-state index contributed by atoms with van der Waals surface area (Å²) in [5.41, 5.74) is 0.864. The van der Waals surface area contributed by atoms with Crippen molar-refractivity contribution >= 4 is 31.4 Å². The zero-order valence-corrected chi connectivity index (χ0v) is 16.0. The molecule has 2 aromatic rings. The molecule has 0 saturated heterocycles. The Hall–Kier alpha value is -2.26. The Bertz CT molecular complexity index is 937. The van der Waals surface area contributed by atoms with Gasteiger partial charge in [0.2, 0.25) is 10.0 Å². The summed E-state index contributed by atoms with van der Waals surface area (Å²) < 4.78 is 55.8. The Morgan fingerprint density at radius 2 is 1.20 bits per heavy atom. The predicted molar refractivity (Wildman–Crippen MR) is 98.3 cm³/mol. The highest BCUT2D eigenvalue weighted by Gasteiger charge is 2.21. The summed E-state index contributed by atoms with van der Waals surface area (Å²) >= 11 is 0. The van der Waals surface area contributed by atoms with E-state index in [1.165, 1.54) is 33.3 Å². The topological polar surface area (TPSA) is 84.0 Å². The molecule has 2 rings (SSSR count). The summed E-state index contributed by atoms with van der Waals surface area (Å²) in [6.07, 6.45) is 1.10. The molecule has 0 radical (unpaired) electrons. The molecule has 0 fully saturated rings. The molecule has 9 heteroatoms. The van der Waals surface area contributed by atoms with Gasteiger partial charge in [-0.2, -0.15) is 0 Å². The van der Waals surface area contributed by atoms with Gasteiger partial charge in [-0.05, 0) is 48.5 Å². The predicted octanol–water partition coefficient (Wildman–Crippen LogP) is 1.92. The smallest absolute Gasteiger partial charge is 0.264 e. The summed E-state index contributed by atoms with van der Waals surface area (Å²) in [5, 5.41) is 0. The Morgan fingerprint density at radius 3 is 1.60 bits per heavy atom. The number of ether oxygens (including phenoxy) is 1. The van der Waals surface area contributed by atoms with Crippen molar-refractivity contribution in [1.29, 1.82) is 0 Å². The van der Waals surface area contributed by atoms with Gasteiger partial charge in [-0.1, -0.05) is 0 Å². The van der Waals surface area contributed by atoms with Crippen LogP contribution in [0.5, 0.6) is 5.75 Å². The van der Waals surface area contributed by atoms with Gasteiger partial charge in [-0.3, -0.25) is 8.61 Å². The quantitative estimate of drug-likeness (QED) is 0.760. The van der Waals surface area contributed by atoms with Crippen molar-refractivity contribution in [2.45, 2.75) is 4.90 Å². The molecular weight excluding hydrogens is 364 g/mol. The molecule has 2 aromatic carbocycles. The molecular formula is C16H20N2O5S2. The van der Waals surface area contributed by atoms with E-state index >= 15 is 0 Å². The van der Waals surface area contributed by atoms with Crippen molar-refractivity contribution in [3.63, 3.8) is 0 Å². The van der Waals surface area contributed by atoms with Crippen LogP contribution in [0.15, 0.2) is 53.4 Å². The number of hydrogen-bond acceptors (Lipinski definition) is 5. The first-order chi connectivity index (χ1) is 11.6. The summed E-state index contributed by atoms with van der Waals surface area (Å²) in [7, 11) is -2.73. The second-order valence-electron chi connectivity index (χ2n) is 5.39. The molecule has 0 heterocycles. The minimum Gasteiger partial charge on any atom is -0.497 e. The lowest BCUT2D eigenvalue weighted by molar-refractivity contribution is 0.414. The zero-order valence-electron chi connectivity index (χ0n) is 14.4. The Morgan fingerprint density at radius 1 is 0.760 bits per heavy atom. The van der Waals surface area contributed by atoms with Gasteiger partial charge < -0.3 is 4.74 Å². The van der Waals surface area contributed by atoms with E-state index in [4.69, 9.17) is 4.74 Å². The molecule has 0 aromatic heterocycles. The molecule has 0 amide bonds. The van der Waals surface area contributed by atoms with Crippen molar-refractivity contribution in [2.75, 3.05) is 36.1 Å². The van der Waals surface area contributed by atoms with Crippen LogP contribution in [0.3, 0.4) is 0 Å². The fourth-order valence-corrected chi connectivity index (χ4v) is 3.81. The lowest BCUT2D eigenvalue weighted by atomic mass is 10.3. The van der Waals surface area contributed by atoms with E-state index in [1.807, 2.05) is 0 Å². The number of nitrogens with zero attached hydrogens (tertiary/aromatic N) is 2. The fraction of sp³-hybridized carbons (Fsp3) is 0.250. The number of rotatable bonds is 6. The Balaban J connectivity index is 2.31. The summed E-state index contributed by atoms with van der Waals surface area (Å²) in [4.78, 5) is 0.133. The van der Waals surface area contributed by atoms with Gasteiger partial charge in [-0.15, -0.1) is 0 Å². The standard InChI is InChI=1S/C16H20N2O5S2/c1-17(24(4,19)20)13-5-7-14(8-6-13)18(2)25(21,22)16-11-9-15(23-3)10-12-16/h5-12H,1-4H3. The average Bonchev–Trinajstić information content (AvgIpc) is 2.59. The van der Waals surface area contributed by atoms with Crippen molar-refractivity contribution in [3.05, 3.63) is 48.5 Å². The average molecular weight is 384 g/mol. The molecule has 7 nitrogen and oxygen atoms in total. The van der Waals surface area contributed by atoms with Crippen LogP contribution >= 0.6 is 0 Å². The molecule has 0 aliphatic carbocycles. The molecule has 136 valence electrons. The van der Waals surface area contributed by atoms with Gasteiger partial charge in [0, 0.05) is 14.1 Å². The normalized spacial score (nSPS) is 11.8. The lowest BCUT2D eigenvalue weighted by Crippen LogP contribution is -2.27. The number of hydrogen-bond donors (Lipinski definition) is 0. The van der Waals surface area contributed by atoms with Crippen molar-refractivity contribution in [2.24, 2.45) is 0 Å². The first-order valence-corrected chi connectivity index (χ1v) is 10.5. The number of sulfonamides is 2. The molecule has 0 unspecified atom stereocenters. The number of benzene rings is 2. The maximum atomic E-state index is 12.7. The molecule has 0 spiro atoms. The second-order valence-corrected chi connectivity index (χ2v) is 9.38. The number of anilines is 2. The molecule has 0 aliphatic rings. The van der Waals surface area contributed by atoms with E-state index in [-0.39, 0.29) is 4.90 Å².